The average Bonchev–Trinajstić information content (AvgIpc) is 2.68. The van der Waals surface area contributed by atoms with Gasteiger partial charge in [0.1, 0.15) is 0 Å². The smallest absolute Gasteiger partial charge is 0.252 e. The molecule has 0 unspecified atom stereocenters. The summed E-state index contributed by atoms with van der Waals surface area (Å²) in [6, 6.07) is 7.53. The molecule has 0 aliphatic carbocycles. The number of halogens is 1. The molecule has 19 heavy (non-hydrogen) atoms. The Morgan fingerprint density at radius 2 is 1.84 bits per heavy atom. The summed E-state index contributed by atoms with van der Waals surface area (Å²) in [6.45, 7) is 4.02. The summed E-state index contributed by atoms with van der Waals surface area (Å²) < 4.78 is 0.849. The van der Waals surface area contributed by atoms with Crippen molar-refractivity contribution in [3.05, 3.63) is 34.3 Å². The lowest BCUT2D eigenvalue weighted by atomic mass is 10.2. The van der Waals surface area contributed by atoms with Crippen molar-refractivity contribution >= 4 is 21.8 Å². The SMILES string of the molecule is O=C(NCCN1CCCCCC1)c1ccccc1Br. The fourth-order valence-corrected chi connectivity index (χ4v) is 2.89. The van der Waals surface area contributed by atoms with Gasteiger partial charge in [0, 0.05) is 17.6 Å². The fourth-order valence-electron chi connectivity index (χ4n) is 2.43. The van der Waals surface area contributed by atoms with Gasteiger partial charge in [-0.05, 0) is 54.0 Å². The van der Waals surface area contributed by atoms with E-state index in [0.717, 1.165) is 17.6 Å². The van der Waals surface area contributed by atoms with E-state index in [4.69, 9.17) is 0 Å². The second kappa shape index (κ2) is 7.65. The van der Waals surface area contributed by atoms with Crippen LogP contribution in [-0.2, 0) is 0 Å². The summed E-state index contributed by atoms with van der Waals surface area (Å²) in [4.78, 5) is 14.5. The first kappa shape index (κ1) is 14.5. The van der Waals surface area contributed by atoms with E-state index in [1.807, 2.05) is 24.3 Å². The molecule has 1 N–H and O–H groups in total. The Bertz CT molecular complexity index is 414. The third-order valence-electron chi connectivity index (χ3n) is 3.53. The van der Waals surface area contributed by atoms with Crippen LogP contribution in [0, 0.1) is 0 Å². The molecule has 0 saturated carbocycles. The van der Waals surface area contributed by atoms with Crippen LogP contribution in [0.5, 0.6) is 0 Å². The van der Waals surface area contributed by atoms with Gasteiger partial charge in [-0.15, -0.1) is 0 Å². The highest BCUT2D eigenvalue weighted by Crippen LogP contribution is 2.15. The van der Waals surface area contributed by atoms with Crippen LogP contribution in [0.4, 0.5) is 0 Å². The molecule has 0 bridgehead atoms. The number of amides is 1. The second-order valence-electron chi connectivity index (χ2n) is 4.99. The van der Waals surface area contributed by atoms with Crippen LogP contribution in [0.25, 0.3) is 0 Å². The quantitative estimate of drug-likeness (QED) is 0.923. The second-order valence-corrected chi connectivity index (χ2v) is 5.85. The van der Waals surface area contributed by atoms with Gasteiger partial charge in [-0.1, -0.05) is 25.0 Å². The highest BCUT2D eigenvalue weighted by Gasteiger charge is 2.11. The Hall–Kier alpha value is -0.870. The maximum absolute atomic E-state index is 12.0. The van der Waals surface area contributed by atoms with Gasteiger partial charge < -0.3 is 10.2 Å². The van der Waals surface area contributed by atoms with Crippen molar-refractivity contribution in [3.8, 4) is 0 Å². The van der Waals surface area contributed by atoms with Gasteiger partial charge in [0.2, 0.25) is 0 Å². The average molecular weight is 325 g/mol. The van der Waals surface area contributed by atoms with Crippen LogP contribution in [0.2, 0.25) is 0 Å². The number of rotatable bonds is 4. The highest BCUT2D eigenvalue weighted by atomic mass is 79.9. The molecule has 1 aliphatic heterocycles. The lowest BCUT2D eigenvalue weighted by Crippen LogP contribution is -2.35. The Balaban J connectivity index is 1.76. The van der Waals surface area contributed by atoms with E-state index in [9.17, 15) is 4.79 Å². The van der Waals surface area contributed by atoms with E-state index in [2.05, 4.69) is 26.1 Å². The van der Waals surface area contributed by atoms with Crippen LogP contribution in [0.1, 0.15) is 36.0 Å². The minimum atomic E-state index is 0.00213. The van der Waals surface area contributed by atoms with Crippen molar-refractivity contribution in [3.63, 3.8) is 0 Å². The summed E-state index contributed by atoms with van der Waals surface area (Å²) in [6.07, 6.45) is 5.27. The van der Waals surface area contributed by atoms with Crippen molar-refractivity contribution in [2.24, 2.45) is 0 Å². The zero-order valence-electron chi connectivity index (χ0n) is 11.2. The lowest BCUT2D eigenvalue weighted by molar-refractivity contribution is 0.0947. The minimum Gasteiger partial charge on any atom is -0.351 e. The van der Waals surface area contributed by atoms with E-state index in [1.165, 1.54) is 38.8 Å². The fraction of sp³-hybridized carbons (Fsp3) is 0.533. The predicted molar refractivity (Wildman–Crippen MR) is 81.4 cm³/mol. The van der Waals surface area contributed by atoms with Gasteiger partial charge >= 0.3 is 0 Å². The number of nitrogens with one attached hydrogen (secondary N) is 1. The van der Waals surface area contributed by atoms with Crippen molar-refractivity contribution in [2.75, 3.05) is 26.2 Å². The molecular formula is C15H21BrN2O. The molecule has 1 aliphatic rings. The molecule has 1 heterocycles. The Kier molecular flexibility index (Phi) is 5.86. The molecule has 0 radical (unpaired) electrons. The monoisotopic (exact) mass is 324 g/mol. The normalized spacial score (nSPS) is 16.9. The summed E-state index contributed by atoms with van der Waals surface area (Å²) >= 11 is 3.40. The lowest BCUT2D eigenvalue weighted by Gasteiger charge is -2.19. The molecule has 0 spiro atoms. The molecule has 1 aromatic carbocycles. The van der Waals surface area contributed by atoms with Gasteiger partial charge in [0.25, 0.3) is 5.91 Å². The summed E-state index contributed by atoms with van der Waals surface area (Å²) in [5, 5.41) is 3.00. The Labute approximate surface area is 123 Å². The van der Waals surface area contributed by atoms with Crippen LogP contribution in [0.15, 0.2) is 28.7 Å². The molecule has 1 fully saturated rings. The maximum Gasteiger partial charge on any atom is 0.252 e. The van der Waals surface area contributed by atoms with Crippen molar-refractivity contribution in [2.45, 2.75) is 25.7 Å². The van der Waals surface area contributed by atoms with Gasteiger partial charge in [-0.3, -0.25) is 4.79 Å². The first-order valence-electron chi connectivity index (χ1n) is 7.02. The Morgan fingerprint density at radius 3 is 2.53 bits per heavy atom. The van der Waals surface area contributed by atoms with Crippen LogP contribution >= 0.6 is 15.9 Å². The van der Waals surface area contributed by atoms with E-state index < -0.39 is 0 Å². The van der Waals surface area contributed by atoms with Crippen molar-refractivity contribution < 1.29 is 4.79 Å². The zero-order valence-corrected chi connectivity index (χ0v) is 12.8. The van der Waals surface area contributed by atoms with Gasteiger partial charge in [0.15, 0.2) is 0 Å². The van der Waals surface area contributed by atoms with Crippen LogP contribution < -0.4 is 5.32 Å². The maximum atomic E-state index is 12.0. The number of likely N-dealkylation sites (tertiary alicyclic amines) is 1. The Morgan fingerprint density at radius 1 is 1.16 bits per heavy atom. The number of nitrogens with zero attached hydrogens (tertiary/aromatic N) is 1. The van der Waals surface area contributed by atoms with Crippen molar-refractivity contribution in [1.29, 1.82) is 0 Å². The summed E-state index contributed by atoms with van der Waals surface area (Å²) in [5.74, 6) is 0.00213. The zero-order chi connectivity index (χ0) is 13.5. The van der Waals surface area contributed by atoms with Crippen molar-refractivity contribution in [1.82, 2.24) is 10.2 Å². The first-order chi connectivity index (χ1) is 9.27. The third kappa shape index (κ3) is 4.62. The third-order valence-corrected chi connectivity index (χ3v) is 4.22. The molecule has 2 rings (SSSR count). The number of hydrogen-bond acceptors (Lipinski definition) is 2. The number of carbonyl (C=O) groups excluding carboxylic acids is 1. The number of benzene rings is 1. The topological polar surface area (TPSA) is 32.3 Å². The molecule has 1 amide bonds. The van der Waals surface area contributed by atoms with Gasteiger partial charge in [-0.25, -0.2) is 0 Å². The predicted octanol–water partition coefficient (Wildman–Crippen LogP) is 3.05. The molecule has 104 valence electrons. The number of hydrogen-bond donors (Lipinski definition) is 1. The van der Waals surface area contributed by atoms with E-state index in [-0.39, 0.29) is 5.91 Å². The van der Waals surface area contributed by atoms with Gasteiger partial charge in [0.05, 0.1) is 5.56 Å². The standard InChI is InChI=1S/C15H21BrN2O/c16-14-8-4-3-7-13(14)15(19)17-9-12-18-10-5-1-2-6-11-18/h3-4,7-8H,1-2,5-6,9-12H2,(H,17,19). The first-order valence-corrected chi connectivity index (χ1v) is 7.82. The van der Waals surface area contributed by atoms with Gasteiger partial charge in [-0.2, -0.15) is 0 Å². The van der Waals surface area contributed by atoms with E-state index in [1.54, 1.807) is 0 Å². The molecule has 3 nitrogen and oxygen atoms in total. The summed E-state index contributed by atoms with van der Waals surface area (Å²) in [7, 11) is 0. The van der Waals surface area contributed by atoms with Crippen LogP contribution in [-0.4, -0.2) is 37.0 Å². The molecule has 1 saturated heterocycles. The van der Waals surface area contributed by atoms with Crippen LogP contribution in [0.3, 0.4) is 0 Å². The summed E-state index contributed by atoms with van der Waals surface area (Å²) in [5.41, 5.74) is 0.707. The van der Waals surface area contributed by atoms with E-state index >= 15 is 0 Å². The molecule has 0 atom stereocenters. The minimum absolute atomic E-state index is 0.00213. The molecule has 4 heteroatoms. The molecular weight excluding hydrogens is 304 g/mol. The largest absolute Gasteiger partial charge is 0.351 e. The number of carbonyl (C=O) groups is 1. The van der Waals surface area contributed by atoms with E-state index in [0.29, 0.717) is 5.56 Å². The highest BCUT2D eigenvalue weighted by molar-refractivity contribution is 9.10. The molecule has 1 aromatic rings. The molecule has 0 aromatic heterocycles.